The van der Waals surface area contributed by atoms with Crippen molar-refractivity contribution in [2.45, 2.75) is 70.3 Å². The Bertz CT molecular complexity index is 1450. The number of rotatable bonds is 10. The summed E-state index contributed by atoms with van der Waals surface area (Å²) in [6.07, 6.45) is 8.33. The average molecular weight is 609 g/mol. The van der Waals surface area contributed by atoms with Gasteiger partial charge >= 0.3 is 0 Å². The third-order valence-electron chi connectivity index (χ3n) is 7.66. The number of aliphatic imine (C=N–C) groups is 1. The van der Waals surface area contributed by atoms with Crippen LogP contribution in [0.3, 0.4) is 0 Å². The highest BCUT2D eigenvalue weighted by Crippen LogP contribution is 2.44. The van der Waals surface area contributed by atoms with Crippen molar-refractivity contribution in [2.24, 2.45) is 16.5 Å². The zero-order valence-corrected chi connectivity index (χ0v) is 26.3. The molecule has 0 aliphatic carbocycles. The Labute approximate surface area is 259 Å². The van der Waals surface area contributed by atoms with Gasteiger partial charge in [0.2, 0.25) is 5.91 Å². The SMILES string of the molecule is Cc1c(C)c2c(c(C)c1O)CCC(C)(CCCCSc1ccc(NC(=O)/C=C/c3ccc(N=C(N)N)cc3)cc1)O2.Cl. The van der Waals surface area contributed by atoms with E-state index in [9.17, 15) is 9.90 Å². The van der Waals surface area contributed by atoms with Gasteiger partial charge in [0.1, 0.15) is 17.1 Å². The summed E-state index contributed by atoms with van der Waals surface area (Å²) in [6.45, 7) is 8.20. The molecule has 42 heavy (non-hydrogen) atoms. The molecule has 4 rings (SSSR count). The second-order valence-electron chi connectivity index (χ2n) is 10.9. The van der Waals surface area contributed by atoms with Crippen molar-refractivity contribution in [3.05, 3.63) is 82.4 Å². The number of carbonyl (C=O) groups is 1. The highest BCUT2D eigenvalue weighted by molar-refractivity contribution is 7.99. The molecule has 1 aliphatic rings. The van der Waals surface area contributed by atoms with Crippen LogP contribution in [-0.4, -0.2) is 28.3 Å². The molecular formula is C33H41ClN4O3S. The maximum Gasteiger partial charge on any atom is 0.248 e. The maximum atomic E-state index is 12.3. The van der Waals surface area contributed by atoms with Crippen molar-refractivity contribution >= 4 is 53.5 Å². The van der Waals surface area contributed by atoms with Crippen molar-refractivity contribution in [2.75, 3.05) is 11.1 Å². The lowest BCUT2D eigenvalue weighted by Gasteiger charge is -2.38. The quantitative estimate of drug-likeness (QED) is 0.0628. The van der Waals surface area contributed by atoms with Crippen LogP contribution in [0.1, 0.15) is 60.4 Å². The zero-order valence-electron chi connectivity index (χ0n) is 24.7. The van der Waals surface area contributed by atoms with E-state index in [1.54, 1.807) is 18.2 Å². The van der Waals surface area contributed by atoms with Crippen LogP contribution < -0.4 is 21.5 Å². The topological polar surface area (TPSA) is 123 Å². The van der Waals surface area contributed by atoms with E-state index in [4.69, 9.17) is 16.2 Å². The van der Waals surface area contributed by atoms with Gasteiger partial charge < -0.3 is 26.6 Å². The van der Waals surface area contributed by atoms with Gasteiger partial charge in [0.05, 0.1) is 5.69 Å². The fraction of sp³-hybridized carbons (Fsp3) is 0.333. The minimum Gasteiger partial charge on any atom is -0.507 e. The Balaban J connectivity index is 0.00000484. The minimum atomic E-state index is -0.197. The molecule has 7 nitrogen and oxygen atoms in total. The van der Waals surface area contributed by atoms with E-state index in [1.165, 1.54) is 11.0 Å². The first-order valence-corrected chi connectivity index (χ1v) is 15.0. The molecule has 6 N–H and O–H groups in total. The van der Waals surface area contributed by atoms with Gasteiger partial charge in [-0.2, -0.15) is 0 Å². The predicted octanol–water partition coefficient (Wildman–Crippen LogP) is 7.34. The van der Waals surface area contributed by atoms with Crippen molar-refractivity contribution < 1.29 is 14.6 Å². The van der Waals surface area contributed by atoms with Crippen LogP contribution in [0.4, 0.5) is 11.4 Å². The highest BCUT2D eigenvalue weighted by Gasteiger charge is 2.34. The molecule has 1 amide bonds. The first-order valence-electron chi connectivity index (χ1n) is 14.0. The number of hydrogen-bond donors (Lipinski definition) is 4. The summed E-state index contributed by atoms with van der Waals surface area (Å²) in [6, 6.07) is 15.2. The minimum absolute atomic E-state index is 0. The van der Waals surface area contributed by atoms with E-state index in [-0.39, 0.29) is 29.9 Å². The molecule has 3 aromatic rings. The molecule has 0 bridgehead atoms. The maximum absolute atomic E-state index is 12.3. The van der Waals surface area contributed by atoms with Crippen LogP contribution in [0.5, 0.6) is 11.5 Å². The summed E-state index contributed by atoms with van der Waals surface area (Å²) in [4.78, 5) is 17.5. The van der Waals surface area contributed by atoms with Gasteiger partial charge in [-0.25, -0.2) is 4.99 Å². The second-order valence-corrected chi connectivity index (χ2v) is 12.0. The number of guanidine groups is 1. The Kier molecular flexibility index (Phi) is 11.4. The summed E-state index contributed by atoms with van der Waals surface area (Å²) in [5.41, 5.74) is 17.0. The monoisotopic (exact) mass is 608 g/mol. The fourth-order valence-electron chi connectivity index (χ4n) is 5.06. The molecule has 0 spiro atoms. The molecule has 1 atom stereocenters. The van der Waals surface area contributed by atoms with Crippen molar-refractivity contribution in [1.82, 2.24) is 0 Å². The van der Waals surface area contributed by atoms with E-state index in [1.807, 2.05) is 68.9 Å². The fourth-order valence-corrected chi connectivity index (χ4v) is 5.97. The average Bonchev–Trinajstić information content (AvgIpc) is 2.95. The number of aromatic hydroxyl groups is 1. The largest absolute Gasteiger partial charge is 0.507 e. The first-order chi connectivity index (χ1) is 19.5. The summed E-state index contributed by atoms with van der Waals surface area (Å²) in [5, 5.41) is 13.3. The number of anilines is 1. The number of nitrogens with two attached hydrogens (primary N) is 2. The normalized spacial score (nSPS) is 15.8. The predicted molar refractivity (Wildman–Crippen MR) is 178 cm³/mol. The van der Waals surface area contributed by atoms with Gasteiger partial charge in [0.25, 0.3) is 0 Å². The zero-order chi connectivity index (χ0) is 29.6. The Morgan fingerprint density at radius 1 is 1.05 bits per heavy atom. The number of fused-ring (bicyclic) bond motifs is 1. The standard InChI is InChI=1S/C33H40N4O3S.ClH/c1-21-22(2)31-28(23(3)30(21)39)17-19-33(4,40-31)18-5-6-20-41-27-14-12-25(13-15-27)36-29(38)16-9-24-7-10-26(11-8-24)37-32(34)35;/h7-16,39H,5-6,17-20H2,1-4H3,(H,36,38)(H4,34,35,37);1H/b16-9+;. The molecular weight excluding hydrogens is 568 g/mol. The molecule has 3 aromatic carbocycles. The van der Waals surface area contributed by atoms with E-state index < -0.39 is 0 Å². The van der Waals surface area contributed by atoms with Gasteiger partial charge in [-0.05, 0) is 130 Å². The first kappa shape index (κ1) is 32.9. The molecule has 0 saturated heterocycles. The number of phenols is 1. The van der Waals surface area contributed by atoms with Crippen molar-refractivity contribution in [1.29, 1.82) is 0 Å². The number of thioether (sulfide) groups is 1. The van der Waals surface area contributed by atoms with E-state index >= 15 is 0 Å². The molecule has 0 fully saturated rings. The Morgan fingerprint density at radius 3 is 2.40 bits per heavy atom. The van der Waals surface area contributed by atoms with Gasteiger partial charge in [-0.1, -0.05) is 12.1 Å². The Hall–Kier alpha value is -3.62. The number of hydrogen-bond acceptors (Lipinski definition) is 5. The van der Waals surface area contributed by atoms with E-state index in [2.05, 4.69) is 17.2 Å². The molecule has 9 heteroatoms. The summed E-state index contributed by atoms with van der Waals surface area (Å²) in [7, 11) is 0. The third-order valence-corrected chi connectivity index (χ3v) is 8.76. The van der Waals surface area contributed by atoms with Crippen molar-refractivity contribution in [3.63, 3.8) is 0 Å². The number of amides is 1. The number of ether oxygens (including phenoxy) is 1. The highest BCUT2D eigenvalue weighted by atomic mass is 35.5. The summed E-state index contributed by atoms with van der Waals surface area (Å²) >= 11 is 1.82. The van der Waals surface area contributed by atoms with E-state index in [0.717, 1.165) is 77.1 Å². The van der Waals surface area contributed by atoms with Crippen LogP contribution in [0.2, 0.25) is 0 Å². The molecule has 1 aliphatic heterocycles. The van der Waals surface area contributed by atoms with E-state index in [0.29, 0.717) is 11.4 Å². The third kappa shape index (κ3) is 8.46. The van der Waals surface area contributed by atoms with Gasteiger partial charge in [0.15, 0.2) is 5.96 Å². The molecule has 1 unspecified atom stereocenters. The number of unbranched alkanes of at least 4 members (excludes halogenated alkanes) is 1. The molecule has 224 valence electrons. The van der Waals surface area contributed by atoms with Crippen LogP contribution in [0.15, 0.2) is 64.5 Å². The van der Waals surface area contributed by atoms with Crippen LogP contribution >= 0.6 is 24.2 Å². The molecule has 0 aromatic heterocycles. The second kappa shape index (κ2) is 14.5. The molecule has 1 heterocycles. The van der Waals surface area contributed by atoms with Crippen LogP contribution in [0, 0.1) is 20.8 Å². The summed E-state index contributed by atoms with van der Waals surface area (Å²) in [5.74, 6) is 2.21. The molecule has 0 saturated carbocycles. The van der Waals surface area contributed by atoms with Crippen LogP contribution in [0.25, 0.3) is 6.08 Å². The lowest BCUT2D eigenvalue weighted by molar-refractivity contribution is -0.111. The number of nitrogens with zero attached hydrogens (tertiary/aromatic N) is 1. The van der Waals surface area contributed by atoms with Gasteiger partial charge in [-0.3, -0.25) is 4.79 Å². The van der Waals surface area contributed by atoms with Gasteiger partial charge in [-0.15, -0.1) is 24.2 Å². The number of nitrogens with one attached hydrogen (secondary N) is 1. The number of carbonyl (C=O) groups excluding carboxylic acids is 1. The smallest absolute Gasteiger partial charge is 0.248 e. The van der Waals surface area contributed by atoms with Crippen molar-refractivity contribution in [3.8, 4) is 11.5 Å². The number of benzene rings is 3. The lowest BCUT2D eigenvalue weighted by atomic mass is 9.85. The molecule has 0 radical (unpaired) electrons. The lowest BCUT2D eigenvalue weighted by Crippen LogP contribution is -2.37. The number of phenolic OH excluding ortho intramolecular Hbond substituents is 1. The Morgan fingerprint density at radius 2 is 1.74 bits per heavy atom. The van der Waals surface area contributed by atoms with Crippen LogP contribution in [-0.2, 0) is 11.2 Å². The summed E-state index contributed by atoms with van der Waals surface area (Å²) < 4.78 is 6.57. The van der Waals surface area contributed by atoms with Gasteiger partial charge in [0, 0.05) is 22.2 Å². The number of halogens is 1.